The third-order valence-electron chi connectivity index (χ3n) is 6.28. The van der Waals surface area contributed by atoms with Crippen LogP contribution in [0.2, 0.25) is 0 Å². The molecule has 6 rings (SSSR count). The van der Waals surface area contributed by atoms with E-state index in [1.54, 1.807) is 24.4 Å². The minimum atomic E-state index is -4.54. The first kappa shape index (κ1) is 22.1. The molecule has 184 valence electrons. The van der Waals surface area contributed by atoms with Gasteiger partial charge < -0.3 is 20.1 Å². The fourth-order valence-corrected chi connectivity index (χ4v) is 4.54. The van der Waals surface area contributed by atoms with Gasteiger partial charge in [-0.25, -0.2) is 14.8 Å². The third kappa shape index (κ3) is 4.04. The average molecular weight is 497 g/mol. The molecule has 1 fully saturated rings. The van der Waals surface area contributed by atoms with Crippen molar-refractivity contribution in [3.8, 4) is 17.2 Å². The number of aromatic nitrogens is 2. The number of halogens is 3. The van der Waals surface area contributed by atoms with Crippen LogP contribution < -0.4 is 25.4 Å². The highest BCUT2D eigenvalue weighted by Crippen LogP contribution is 2.54. The molecule has 0 radical (unpaired) electrons. The Hall–Kier alpha value is -4.35. The predicted molar refractivity (Wildman–Crippen MR) is 120 cm³/mol. The van der Waals surface area contributed by atoms with E-state index in [2.05, 4.69) is 25.9 Å². The monoisotopic (exact) mass is 497 g/mol. The van der Waals surface area contributed by atoms with Gasteiger partial charge in [-0.2, -0.15) is 13.2 Å². The standard InChI is InChI=1S/C24H18F3N5O4/c25-24(26,27)11-5-7-28-17(9-11)30-23(34)32-20-19-14-10-12(1-3-15(14)36-21(19)20)35-16-6-8-29-22-13(16)2-4-18(33)31-22/h1,3,5-10,19-21H,2,4H2,(H,29,31,33)(H2,28,30,32,34)/t19-,20-,21-/m0/s1. The maximum atomic E-state index is 12.9. The molecule has 2 aliphatic heterocycles. The smallest absolute Gasteiger partial charge is 0.416 e. The van der Waals surface area contributed by atoms with Crippen LogP contribution in [0.25, 0.3) is 0 Å². The van der Waals surface area contributed by atoms with Crippen molar-refractivity contribution in [3.63, 3.8) is 0 Å². The van der Waals surface area contributed by atoms with Crippen LogP contribution in [-0.4, -0.2) is 34.1 Å². The predicted octanol–water partition coefficient (Wildman–Crippen LogP) is 4.22. The fraction of sp³-hybridized carbons (Fsp3) is 0.250. The van der Waals surface area contributed by atoms with Crippen molar-refractivity contribution in [3.05, 3.63) is 65.5 Å². The number of urea groups is 1. The molecule has 3 amide bonds. The minimum absolute atomic E-state index is 0.0898. The minimum Gasteiger partial charge on any atom is -0.487 e. The normalized spacial score (nSPS) is 21.3. The highest BCUT2D eigenvalue weighted by molar-refractivity contribution is 5.93. The van der Waals surface area contributed by atoms with Crippen molar-refractivity contribution in [1.29, 1.82) is 0 Å². The van der Waals surface area contributed by atoms with E-state index in [9.17, 15) is 22.8 Å². The Labute approximate surface area is 202 Å². The number of rotatable bonds is 4. The van der Waals surface area contributed by atoms with Gasteiger partial charge in [0.15, 0.2) is 0 Å². The number of ether oxygens (including phenoxy) is 2. The molecule has 0 saturated heterocycles. The van der Waals surface area contributed by atoms with Crippen LogP contribution in [0.3, 0.4) is 0 Å². The number of hydrogen-bond acceptors (Lipinski definition) is 6. The number of fused-ring (bicyclic) bond motifs is 4. The summed E-state index contributed by atoms with van der Waals surface area (Å²) in [7, 11) is 0. The summed E-state index contributed by atoms with van der Waals surface area (Å²) in [6, 6.07) is 7.70. The molecule has 3 N–H and O–H groups in total. The molecule has 3 aromatic rings. The highest BCUT2D eigenvalue weighted by Gasteiger charge is 2.59. The lowest BCUT2D eigenvalue weighted by molar-refractivity contribution is -0.137. The third-order valence-corrected chi connectivity index (χ3v) is 6.28. The summed E-state index contributed by atoms with van der Waals surface area (Å²) in [5.74, 6) is 1.91. The van der Waals surface area contributed by atoms with Crippen LogP contribution in [0.5, 0.6) is 17.2 Å². The number of hydrogen-bond donors (Lipinski definition) is 3. The fourth-order valence-electron chi connectivity index (χ4n) is 4.54. The van der Waals surface area contributed by atoms with Crippen LogP contribution in [0.4, 0.5) is 29.6 Å². The van der Waals surface area contributed by atoms with E-state index in [0.717, 1.165) is 29.5 Å². The van der Waals surface area contributed by atoms with E-state index in [1.165, 1.54) is 0 Å². The van der Waals surface area contributed by atoms with E-state index in [1.807, 2.05) is 6.07 Å². The number of anilines is 2. The molecule has 3 aliphatic rings. The maximum absolute atomic E-state index is 12.9. The van der Waals surface area contributed by atoms with Crippen LogP contribution in [0.15, 0.2) is 48.8 Å². The van der Waals surface area contributed by atoms with Crippen molar-refractivity contribution in [2.45, 2.75) is 37.1 Å². The second-order valence-corrected chi connectivity index (χ2v) is 8.65. The van der Waals surface area contributed by atoms with Crippen molar-refractivity contribution in [1.82, 2.24) is 15.3 Å². The lowest BCUT2D eigenvalue weighted by atomic mass is 10.1. The van der Waals surface area contributed by atoms with E-state index in [-0.39, 0.29) is 29.8 Å². The summed E-state index contributed by atoms with van der Waals surface area (Å²) >= 11 is 0. The van der Waals surface area contributed by atoms with E-state index in [0.29, 0.717) is 35.9 Å². The lowest BCUT2D eigenvalue weighted by Gasteiger charge is -2.19. The zero-order valence-corrected chi connectivity index (χ0v) is 18.4. The molecule has 12 heteroatoms. The number of pyridine rings is 2. The Balaban J connectivity index is 1.13. The van der Waals surface area contributed by atoms with Gasteiger partial charge in [-0.15, -0.1) is 0 Å². The molecule has 3 atom stereocenters. The van der Waals surface area contributed by atoms with E-state index >= 15 is 0 Å². The lowest BCUT2D eigenvalue weighted by Crippen LogP contribution is -2.34. The quantitative estimate of drug-likeness (QED) is 0.497. The first-order valence-corrected chi connectivity index (χ1v) is 11.1. The second kappa shape index (κ2) is 8.11. The van der Waals surface area contributed by atoms with Gasteiger partial charge in [0.2, 0.25) is 5.91 Å². The van der Waals surface area contributed by atoms with Gasteiger partial charge in [0, 0.05) is 29.9 Å². The van der Waals surface area contributed by atoms with Gasteiger partial charge in [-0.3, -0.25) is 10.1 Å². The Morgan fingerprint density at radius 3 is 2.78 bits per heavy atom. The van der Waals surface area contributed by atoms with Gasteiger partial charge in [-0.05, 0) is 42.8 Å². The van der Waals surface area contributed by atoms with Gasteiger partial charge in [0.25, 0.3) is 0 Å². The summed E-state index contributed by atoms with van der Waals surface area (Å²) in [6.07, 6.45) is -1.40. The van der Waals surface area contributed by atoms with E-state index < -0.39 is 17.8 Å². The molecule has 1 saturated carbocycles. The van der Waals surface area contributed by atoms with Gasteiger partial charge >= 0.3 is 12.2 Å². The summed E-state index contributed by atoms with van der Waals surface area (Å²) in [5.41, 5.74) is 0.771. The van der Waals surface area contributed by atoms with Crippen molar-refractivity contribution in [2.24, 2.45) is 0 Å². The number of carbonyl (C=O) groups is 2. The Bertz CT molecular complexity index is 1400. The molecule has 0 unspecified atom stereocenters. The molecular formula is C24H18F3N5O4. The Kier molecular flexibility index (Phi) is 4.99. The molecule has 9 nitrogen and oxygen atoms in total. The number of nitrogens with zero attached hydrogens (tertiary/aromatic N) is 2. The molecular weight excluding hydrogens is 479 g/mol. The summed E-state index contributed by atoms with van der Waals surface area (Å²) in [4.78, 5) is 32.0. The van der Waals surface area contributed by atoms with Crippen LogP contribution in [-0.2, 0) is 17.4 Å². The van der Waals surface area contributed by atoms with Gasteiger partial charge in [0.1, 0.15) is 35.0 Å². The van der Waals surface area contributed by atoms with Crippen molar-refractivity contribution < 1.29 is 32.2 Å². The summed E-state index contributed by atoms with van der Waals surface area (Å²) < 4.78 is 50.7. The maximum Gasteiger partial charge on any atom is 0.416 e. The largest absolute Gasteiger partial charge is 0.487 e. The first-order chi connectivity index (χ1) is 17.3. The number of benzene rings is 1. The zero-order valence-electron chi connectivity index (χ0n) is 18.4. The number of alkyl halides is 3. The first-order valence-electron chi connectivity index (χ1n) is 11.1. The topological polar surface area (TPSA) is 114 Å². The molecule has 4 heterocycles. The van der Waals surface area contributed by atoms with Crippen LogP contribution >= 0.6 is 0 Å². The Morgan fingerprint density at radius 1 is 1.11 bits per heavy atom. The number of amides is 3. The molecule has 1 aliphatic carbocycles. The molecule has 0 bridgehead atoms. The molecule has 36 heavy (non-hydrogen) atoms. The van der Waals surface area contributed by atoms with Crippen molar-refractivity contribution >= 4 is 23.6 Å². The molecule has 0 spiro atoms. The molecule has 1 aromatic carbocycles. The number of nitrogens with one attached hydrogen (secondary N) is 3. The zero-order chi connectivity index (χ0) is 25.0. The van der Waals surface area contributed by atoms with Gasteiger partial charge in [0.05, 0.1) is 17.5 Å². The highest BCUT2D eigenvalue weighted by atomic mass is 19.4. The SMILES string of the molecule is O=C1CCc2c(Oc3ccc4c(c3)[C@H]3[C@H](NC(=O)Nc5cc(C(F)(F)F)ccn5)[C@H]3O4)ccnc2N1. The average Bonchev–Trinajstić information content (AvgIpc) is 3.34. The van der Waals surface area contributed by atoms with Crippen molar-refractivity contribution in [2.75, 3.05) is 10.6 Å². The second-order valence-electron chi connectivity index (χ2n) is 8.65. The van der Waals surface area contributed by atoms with Crippen LogP contribution in [0, 0.1) is 0 Å². The summed E-state index contributed by atoms with van der Waals surface area (Å²) in [6.45, 7) is 0. The molecule has 2 aromatic heterocycles. The van der Waals surface area contributed by atoms with E-state index in [4.69, 9.17) is 9.47 Å². The van der Waals surface area contributed by atoms with Crippen LogP contribution in [0.1, 0.15) is 29.0 Å². The Morgan fingerprint density at radius 2 is 1.94 bits per heavy atom. The summed E-state index contributed by atoms with van der Waals surface area (Å²) in [5, 5.41) is 7.81. The number of carbonyl (C=O) groups excluding carboxylic acids is 2. The van der Waals surface area contributed by atoms with Gasteiger partial charge in [-0.1, -0.05) is 0 Å².